The number of halogens is 1. The average Bonchev–Trinajstić information content (AvgIpc) is 1.78. The van der Waals surface area contributed by atoms with Gasteiger partial charge in [-0.1, -0.05) is 43.9 Å². The Labute approximate surface area is 69.3 Å². The summed E-state index contributed by atoms with van der Waals surface area (Å²) in [6, 6.07) is 0. The lowest BCUT2D eigenvalue weighted by Crippen LogP contribution is -2.10. The first-order valence-corrected chi connectivity index (χ1v) is 7.68. The summed E-state index contributed by atoms with van der Waals surface area (Å²) in [5.74, 6) is 0. The van der Waals surface area contributed by atoms with Crippen LogP contribution < -0.4 is 0 Å². The molecule has 2 heteroatoms. The summed E-state index contributed by atoms with van der Waals surface area (Å²) in [5, 5.41) is 0. The Hall–Kier alpha value is -0.0131. The second-order valence-electron chi connectivity index (χ2n) is 2.76. The molecule has 0 aromatic heterocycles. The molecule has 0 heterocycles. The van der Waals surface area contributed by atoms with Crippen LogP contribution in [0.2, 0.25) is 13.1 Å². The molecule has 0 aliphatic rings. The second kappa shape index (κ2) is 4.75. The fourth-order valence-corrected chi connectivity index (χ4v) is 1.29. The summed E-state index contributed by atoms with van der Waals surface area (Å²) in [6.07, 6.45) is 7.31. The monoisotopic (exact) mass is 174 g/mol. The highest BCUT2D eigenvalue weighted by atomic mass is 35.6. The van der Waals surface area contributed by atoms with E-state index in [0.717, 1.165) is 6.42 Å². The molecule has 0 rings (SSSR count). The number of hydrogen-bond acceptors (Lipinski definition) is 0. The first-order valence-electron chi connectivity index (χ1n) is 3.59. The molecule has 0 bridgehead atoms. The highest BCUT2D eigenvalue weighted by molar-refractivity contribution is 7.21. The molecule has 0 nitrogen and oxygen atoms in total. The zero-order valence-corrected chi connectivity index (χ0v) is 8.65. The molecule has 0 unspecified atom stereocenters. The van der Waals surface area contributed by atoms with E-state index in [2.05, 4.69) is 37.9 Å². The molecule has 0 radical (unpaired) electrons. The summed E-state index contributed by atoms with van der Waals surface area (Å²) in [4.78, 5) is 0. The third-order valence-corrected chi connectivity index (χ3v) is 2.34. The van der Waals surface area contributed by atoms with Crippen molar-refractivity contribution in [3.05, 3.63) is 23.9 Å². The normalized spacial score (nSPS) is 13.6. The van der Waals surface area contributed by atoms with Gasteiger partial charge in [0.05, 0.1) is 0 Å². The minimum Gasteiger partial charge on any atom is -0.162 e. The van der Waals surface area contributed by atoms with Crippen LogP contribution >= 0.6 is 11.1 Å². The first-order chi connectivity index (χ1) is 4.56. The van der Waals surface area contributed by atoms with Crippen LogP contribution in [-0.4, -0.2) is 7.38 Å². The molecule has 0 aliphatic carbocycles. The molecule has 0 saturated carbocycles. The predicted molar refractivity (Wildman–Crippen MR) is 51.9 cm³/mol. The highest BCUT2D eigenvalue weighted by Crippen LogP contribution is 2.08. The van der Waals surface area contributed by atoms with Gasteiger partial charge in [-0.05, 0) is 6.42 Å². The van der Waals surface area contributed by atoms with E-state index in [9.17, 15) is 0 Å². The molecule has 10 heavy (non-hydrogen) atoms. The zero-order chi connectivity index (χ0) is 8.04. The lowest BCUT2D eigenvalue weighted by molar-refractivity contribution is 1.22. The third-order valence-electron chi connectivity index (χ3n) is 0.975. The molecule has 0 N–H and O–H groups in total. The van der Waals surface area contributed by atoms with Crippen LogP contribution in [-0.2, 0) is 0 Å². The third kappa shape index (κ3) is 7.99. The molecular formula is C8H15ClSi. The molecule has 0 saturated heterocycles. The van der Waals surface area contributed by atoms with Crippen molar-refractivity contribution in [3.63, 3.8) is 0 Å². The van der Waals surface area contributed by atoms with Gasteiger partial charge in [0.2, 0.25) is 0 Å². The maximum Gasteiger partial charge on any atom is 0.173 e. The fraction of sp³-hybridized carbons (Fsp3) is 0.500. The molecule has 0 aromatic rings. The minimum atomic E-state index is -1.47. The summed E-state index contributed by atoms with van der Waals surface area (Å²) in [6.45, 7) is 6.32. The van der Waals surface area contributed by atoms with Gasteiger partial charge in [-0.15, -0.1) is 0 Å². The lowest BCUT2D eigenvalue weighted by Gasteiger charge is -2.02. The zero-order valence-electron chi connectivity index (χ0n) is 6.89. The average molecular weight is 175 g/mol. The SMILES string of the molecule is CCC=CC=C[Si](C)(C)Cl. The molecule has 0 amide bonds. The summed E-state index contributed by atoms with van der Waals surface area (Å²) >= 11 is 6.03. The largest absolute Gasteiger partial charge is 0.173 e. The van der Waals surface area contributed by atoms with Gasteiger partial charge in [0.15, 0.2) is 7.38 Å². The van der Waals surface area contributed by atoms with Crippen molar-refractivity contribution in [2.45, 2.75) is 26.4 Å². The topological polar surface area (TPSA) is 0 Å². The predicted octanol–water partition coefficient (Wildman–Crippen LogP) is 3.49. The van der Waals surface area contributed by atoms with Crippen LogP contribution in [0.25, 0.3) is 0 Å². The van der Waals surface area contributed by atoms with Crippen molar-refractivity contribution in [2.24, 2.45) is 0 Å². The van der Waals surface area contributed by atoms with E-state index < -0.39 is 7.38 Å². The van der Waals surface area contributed by atoms with E-state index in [4.69, 9.17) is 11.1 Å². The molecular weight excluding hydrogens is 160 g/mol. The van der Waals surface area contributed by atoms with Crippen molar-refractivity contribution in [3.8, 4) is 0 Å². The lowest BCUT2D eigenvalue weighted by atomic mass is 10.4. The van der Waals surface area contributed by atoms with Gasteiger partial charge in [-0.2, -0.15) is 11.1 Å². The Balaban J connectivity index is 3.66. The smallest absolute Gasteiger partial charge is 0.162 e. The van der Waals surface area contributed by atoms with Gasteiger partial charge < -0.3 is 0 Å². The molecule has 0 spiro atoms. The Morgan fingerprint density at radius 3 is 2.30 bits per heavy atom. The van der Waals surface area contributed by atoms with Crippen LogP contribution in [0.15, 0.2) is 23.9 Å². The van der Waals surface area contributed by atoms with Gasteiger partial charge in [0.25, 0.3) is 0 Å². The van der Waals surface area contributed by atoms with Gasteiger partial charge in [0.1, 0.15) is 0 Å². The Morgan fingerprint density at radius 2 is 1.90 bits per heavy atom. The van der Waals surface area contributed by atoms with Crippen molar-refractivity contribution in [1.29, 1.82) is 0 Å². The number of allylic oxidation sites excluding steroid dienone is 3. The van der Waals surface area contributed by atoms with Crippen LogP contribution in [0.3, 0.4) is 0 Å². The van der Waals surface area contributed by atoms with E-state index >= 15 is 0 Å². The standard InChI is InChI=1S/C8H15ClSi/c1-4-5-6-7-8-10(2,3)9/h5-8H,4H2,1-3H3. The fourth-order valence-electron chi connectivity index (χ4n) is 0.499. The molecule has 0 fully saturated rings. The van der Waals surface area contributed by atoms with Crippen LogP contribution in [0.4, 0.5) is 0 Å². The summed E-state index contributed by atoms with van der Waals surface area (Å²) in [5.41, 5.74) is 2.11. The van der Waals surface area contributed by atoms with E-state index in [1.807, 2.05) is 6.08 Å². The first kappa shape index (κ1) is 9.99. The summed E-state index contributed by atoms with van der Waals surface area (Å²) < 4.78 is 0. The number of hydrogen-bond donors (Lipinski definition) is 0. The van der Waals surface area contributed by atoms with Crippen LogP contribution in [0.1, 0.15) is 13.3 Å². The van der Waals surface area contributed by atoms with E-state index in [1.165, 1.54) is 0 Å². The van der Waals surface area contributed by atoms with Crippen molar-refractivity contribution in [1.82, 2.24) is 0 Å². The van der Waals surface area contributed by atoms with Crippen LogP contribution in [0, 0.1) is 0 Å². The molecule has 0 atom stereocenters. The quantitative estimate of drug-likeness (QED) is 0.349. The van der Waals surface area contributed by atoms with Gasteiger partial charge in [-0.25, -0.2) is 0 Å². The van der Waals surface area contributed by atoms with Crippen molar-refractivity contribution >= 4 is 18.5 Å². The van der Waals surface area contributed by atoms with Gasteiger partial charge >= 0.3 is 0 Å². The van der Waals surface area contributed by atoms with Crippen LogP contribution in [0.5, 0.6) is 0 Å². The second-order valence-corrected chi connectivity index (χ2v) is 9.14. The Bertz CT molecular complexity index is 131. The van der Waals surface area contributed by atoms with Gasteiger partial charge in [0, 0.05) is 0 Å². The Morgan fingerprint density at radius 1 is 1.30 bits per heavy atom. The highest BCUT2D eigenvalue weighted by Gasteiger charge is 2.09. The minimum absolute atomic E-state index is 1.09. The molecule has 0 aromatic carbocycles. The summed E-state index contributed by atoms with van der Waals surface area (Å²) in [7, 11) is -1.47. The number of rotatable bonds is 3. The van der Waals surface area contributed by atoms with Crippen molar-refractivity contribution in [2.75, 3.05) is 0 Å². The van der Waals surface area contributed by atoms with Gasteiger partial charge in [-0.3, -0.25) is 0 Å². The maximum absolute atomic E-state index is 6.03. The van der Waals surface area contributed by atoms with E-state index in [0.29, 0.717) is 0 Å². The Kier molecular flexibility index (Phi) is 4.74. The van der Waals surface area contributed by atoms with E-state index in [1.54, 1.807) is 0 Å². The van der Waals surface area contributed by atoms with Crippen molar-refractivity contribution < 1.29 is 0 Å². The molecule has 0 aliphatic heterocycles. The maximum atomic E-state index is 6.03. The molecule has 58 valence electrons. The van der Waals surface area contributed by atoms with E-state index in [-0.39, 0.29) is 0 Å².